The minimum Gasteiger partial charge on any atom is -0.323 e. The van der Waals surface area contributed by atoms with Crippen molar-refractivity contribution >= 4 is 0 Å². The summed E-state index contributed by atoms with van der Waals surface area (Å²) in [5.41, 5.74) is 9.04. The van der Waals surface area contributed by atoms with E-state index >= 15 is 0 Å². The van der Waals surface area contributed by atoms with Crippen LogP contribution >= 0.6 is 0 Å². The van der Waals surface area contributed by atoms with E-state index < -0.39 is 0 Å². The summed E-state index contributed by atoms with van der Waals surface area (Å²) in [7, 11) is 4.41. The molecule has 0 amide bonds. The van der Waals surface area contributed by atoms with E-state index in [0.29, 0.717) is 0 Å². The Labute approximate surface area is 130 Å². The number of likely N-dealkylation sites (N-methyl/N-ethyl adjacent to an activating group) is 1. The average Bonchev–Trinajstić information content (AvgIpc) is 2.85. The van der Waals surface area contributed by atoms with Gasteiger partial charge in [-0.15, -0.1) is 0 Å². The van der Waals surface area contributed by atoms with Crippen molar-refractivity contribution in [1.29, 1.82) is 0 Å². The van der Waals surface area contributed by atoms with E-state index in [2.05, 4.69) is 55.1 Å². The molecule has 0 spiro atoms. The highest BCUT2D eigenvalue weighted by atomic mass is 15.2. The van der Waals surface area contributed by atoms with Crippen LogP contribution in [0.2, 0.25) is 0 Å². The summed E-state index contributed by atoms with van der Waals surface area (Å²) in [6, 6.07) is 8.97. The van der Waals surface area contributed by atoms with Gasteiger partial charge in [0.15, 0.2) is 0 Å². The van der Waals surface area contributed by atoms with Gasteiger partial charge in [-0.05, 0) is 50.5 Å². The van der Waals surface area contributed by atoms with Crippen LogP contribution in [-0.4, -0.2) is 50.1 Å². The molecule has 1 aromatic carbocycles. The van der Waals surface area contributed by atoms with Gasteiger partial charge in [-0.2, -0.15) is 0 Å². The summed E-state index contributed by atoms with van der Waals surface area (Å²) in [6.45, 7) is 6.78. The van der Waals surface area contributed by atoms with Crippen LogP contribution in [0.5, 0.6) is 0 Å². The number of likely N-dealkylation sites (tertiary alicyclic amines) is 1. The van der Waals surface area contributed by atoms with Gasteiger partial charge in [0.25, 0.3) is 0 Å². The third kappa shape index (κ3) is 5.10. The van der Waals surface area contributed by atoms with Crippen molar-refractivity contribution < 1.29 is 0 Å². The Balaban J connectivity index is 1.81. The van der Waals surface area contributed by atoms with Crippen molar-refractivity contribution in [3.8, 4) is 0 Å². The number of nitrogens with zero attached hydrogens (tertiary/aromatic N) is 2. The summed E-state index contributed by atoms with van der Waals surface area (Å²) < 4.78 is 0. The minimum atomic E-state index is 0.116. The molecule has 0 saturated carbocycles. The lowest BCUT2D eigenvalue weighted by atomic mass is 10.0. The molecule has 1 fully saturated rings. The van der Waals surface area contributed by atoms with Gasteiger partial charge in [-0.1, -0.05) is 37.6 Å². The fraction of sp³-hybridized carbons (Fsp3) is 0.667. The summed E-state index contributed by atoms with van der Waals surface area (Å²) in [5, 5.41) is 0. The molecule has 0 aliphatic carbocycles. The Morgan fingerprint density at radius 2 is 2.05 bits per heavy atom. The first-order valence-electron chi connectivity index (χ1n) is 8.30. The van der Waals surface area contributed by atoms with E-state index in [0.717, 1.165) is 25.4 Å². The second-order valence-electron chi connectivity index (χ2n) is 6.74. The second kappa shape index (κ2) is 7.92. The average molecular weight is 289 g/mol. The Morgan fingerprint density at radius 3 is 2.62 bits per heavy atom. The molecule has 0 bridgehead atoms. The first-order valence-corrected chi connectivity index (χ1v) is 8.30. The molecule has 3 nitrogen and oxygen atoms in total. The Kier molecular flexibility index (Phi) is 6.22. The van der Waals surface area contributed by atoms with Crippen LogP contribution in [-0.2, 0) is 6.42 Å². The summed E-state index contributed by atoms with van der Waals surface area (Å²) >= 11 is 0. The number of rotatable bonds is 7. The smallest absolute Gasteiger partial charge is 0.0424 e. The molecular weight excluding hydrogens is 258 g/mol. The number of hydrogen-bond donors (Lipinski definition) is 1. The molecule has 118 valence electrons. The monoisotopic (exact) mass is 289 g/mol. The van der Waals surface area contributed by atoms with Gasteiger partial charge in [0.05, 0.1) is 0 Å². The van der Waals surface area contributed by atoms with Crippen LogP contribution in [0.4, 0.5) is 0 Å². The molecule has 2 rings (SSSR count). The van der Waals surface area contributed by atoms with Gasteiger partial charge in [-0.3, -0.25) is 0 Å². The predicted octanol–water partition coefficient (Wildman–Crippen LogP) is 2.52. The molecule has 1 aliphatic heterocycles. The minimum absolute atomic E-state index is 0.116. The predicted molar refractivity (Wildman–Crippen MR) is 90.5 cm³/mol. The number of hydrogen-bond acceptors (Lipinski definition) is 3. The van der Waals surface area contributed by atoms with Crippen molar-refractivity contribution in [1.82, 2.24) is 9.80 Å². The van der Waals surface area contributed by atoms with E-state index in [4.69, 9.17) is 5.73 Å². The highest BCUT2D eigenvalue weighted by Crippen LogP contribution is 2.18. The van der Waals surface area contributed by atoms with Crippen molar-refractivity contribution in [3.05, 3.63) is 35.4 Å². The van der Waals surface area contributed by atoms with Crippen molar-refractivity contribution in [2.45, 2.75) is 32.2 Å². The molecule has 1 saturated heterocycles. The molecule has 1 aromatic rings. The lowest BCUT2D eigenvalue weighted by Crippen LogP contribution is -2.33. The third-order valence-corrected chi connectivity index (χ3v) is 4.51. The van der Waals surface area contributed by atoms with Crippen LogP contribution in [0.25, 0.3) is 0 Å². The molecule has 0 aromatic heterocycles. The Morgan fingerprint density at radius 1 is 1.33 bits per heavy atom. The van der Waals surface area contributed by atoms with Gasteiger partial charge >= 0.3 is 0 Å². The highest BCUT2D eigenvalue weighted by Gasteiger charge is 2.21. The largest absolute Gasteiger partial charge is 0.323 e. The van der Waals surface area contributed by atoms with Crippen LogP contribution in [0, 0.1) is 5.92 Å². The molecule has 21 heavy (non-hydrogen) atoms. The zero-order chi connectivity index (χ0) is 15.2. The summed E-state index contributed by atoms with van der Waals surface area (Å²) in [6.07, 6.45) is 3.68. The maximum atomic E-state index is 6.37. The van der Waals surface area contributed by atoms with Crippen LogP contribution < -0.4 is 5.73 Å². The lowest BCUT2D eigenvalue weighted by molar-refractivity contribution is 0.260. The molecular formula is C18H31N3. The van der Waals surface area contributed by atoms with Crippen molar-refractivity contribution in [3.63, 3.8) is 0 Å². The number of benzene rings is 1. The normalized spacial score (nSPS) is 21.1. The molecule has 1 aliphatic rings. The van der Waals surface area contributed by atoms with Gasteiger partial charge in [0, 0.05) is 25.7 Å². The molecule has 0 radical (unpaired) electrons. The number of nitrogens with two attached hydrogens (primary N) is 1. The topological polar surface area (TPSA) is 32.5 Å². The first kappa shape index (κ1) is 16.5. The van der Waals surface area contributed by atoms with E-state index in [1.54, 1.807) is 0 Å². The van der Waals surface area contributed by atoms with Crippen molar-refractivity contribution in [2.24, 2.45) is 11.7 Å². The fourth-order valence-corrected chi connectivity index (χ4v) is 3.35. The molecule has 2 atom stereocenters. The highest BCUT2D eigenvalue weighted by molar-refractivity contribution is 5.25. The van der Waals surface area contributed by atoms with Crippen LogP contribution in [0.1, 0.15) is 36.9 Å². The van der Waals surface area contributed by atoms with Gasteiger partial charge < -0.3 is 15.5 Å². The third-order valence-electron chi connectivity index (χ3n) is 4.51. The zero-order valence-electron chi connectivity index (χ0n) is 13.9. The second-order valence-corrected chi connectivity index (χ2v) is 6.74. The molecule has 3 heteroatoms. The molecule has 2 N–H and O–H groups in total. The first-order chi connectivity index (χ1) is 10.1. The standard InChI is InChI=1S/C18H31N3/c1-4-5-15-6-8-17(9-7-15)18(19)14-21(3)13-16-10-11-20(2)12-16/h6-9,16,18H,4-5,10-14,19H2,1-3H3. The van der Waals surface area contributed by atoms with E-state index in [9.17, 15) is 0 Å². The zero-order valence-corrected chi connectivity index (χ0v) is 13.9. The summed E-state index contributed by atoms with van der Waals surface area (Å²) in [5.74, 6) is 0.805. The van der Waals surface area contributed by atoms with Crippen LogP contribution in [0.15, 0.2) is 24.3 Å². The Bertz CT molecular complexity index is 415. The fourth-order valence-electron chi connectivity index (χ4n) is 3.35. The van der Waals surface area contributed by atoms with Crippen molar-refractivity contribution in [2.75, 3.05) is 40.3 Å². The van der Waals surface area contributed by atoms with Gasteiger partial charge in [0.2, 0.25) is 0 Å². The van der Waals surface area contributed by atoms with E-state index in [1.807, 2.05) is 0 Å². The molecule has 1 heterocycles. The van der Waals surface area contributed by atoms with Crippen LogP contribution in [0.3, 0.4) is 0 Å². The van der Waals surface area contributed by atoms with Gasteiger partial charge in [0.1, 0.15) is 0 Å². The maximum absolute atomic E-state index is 6.37. The lowest BCUT2D eigenvalue weighted by Gasteiger charge is -2.24. The molecule has 2 unspecified atom stereocenters. The van der Waals surface area contributed by atoms with E-state index in [-0.39, 0.29) is 6.04 Å². The quantitative estimate of drug-likeness (QED) is 0.837. The SMILES string of the molecule is CCCc1ccc(C(N)CN(C)CC2CCN(C)C2)cc1. The summed E-state index contributed by atoms with van der Waals surface area (Å²) in [4.78, 5) is 4.82. The number of aryl methyl sites for hydroxylation is 1. The maximum Gasteiger partial charge on any atom is 0.0424 e. The Hall–Kier alpha value is -0.900. The van der Waals surface area contributed by atoms with Gasteiger partial charge in [-0.25, -0.2) is 0 Å². The van der Waals surface area contributed by atoms with E-state index in [1.165, 1.54) is 37.1 Å².